The van der Waals surface area contributed by atoms with Crippen LogP contribution in [0.4, 0.5) is 15.9 Å². The molecule has 2 aromatic carbocycles. The van der Waals surface area contributed by atoms with E-state index in [0.717, 1.165) is 47.7 Å². The van der Waals surface area contributed by atoms with Gasteiger partial charge in [0.15, 0.2) is 9.84 Å². The number of ether oxygens (including phenoxy) is 1. The molecule has 0 spiro atoms. The second kappa shape index (κ2) is 9.35. The fourth-order valence-electron chi connectivity index (χ4n) is 5.03. The van der Waals surface area contributed by atoms with E-state index in [1.165, 1.54) is 23.4 Å². The zero-order valence-electron chi connectivity index (χ0n) is 21.4. The summed E-state index contributed by atoms with van der Waals surface area (Å²) in [6.45, 7) is 2.34. The Kier molecular flexibility index (Phi) is 6.07. The van der Waals surface area contributed by atoms with Gasteiger partial charge in [-0.15, -0.1) is 0 Å². The highest BCUT2D eigenvalue weighted by molar-refractivity contribution is 7.90. The van der Waals surface area contributed by atoms with Crippen LogP contribution in [-0.2, 0) is 27.7 Å². The highest BCUT2D eigenvalue weighted by Crippen LogP contribution is 2.39. The highest BCUT2D eigenvalue weighted by Gasteiger charge is 2.29. The Bertz CT molecular complexity index is 1740. The summed E-state index contributed by atoms with van der Waals surface area (Å²) in [5, 5.41) is 0.896. The fraction of sp³-hybridized carbons (Fsp3) is 0.286. The number of carbonyl (C=O) groups excluding carboxylic acids is 1. The van der Waals surface area contributed by atoms with Crippen molar-refractivity contribution in [1.29, 1.82) is 0 Å². The van der Waals surface area contributed by atoms with Crippen LogP contribution in [0, 0.1) is 5.82 Å². The largest absolute Gasteiger partial charge is 0.383 e. The van der Waals surface area contributed by atoms with E-state index in [9.17, 15) is 17.6 Å². The van der Waals surface area contributed by atoms with Crippen molar-refractivity contribution in [3.05, 3.63) is 82.7 Å². The number of benzene rings is 2. The third kappa shape index (κ3) is 4.72. The number of fused-ring (bicyclic) bond motifs is 3. The van der Waals surface area contributed by atoms with Crippen LogP contribution in [0.5, 0.6) is 0 Å². The first-order valence-corrected chi connectivity index (χ1v) is 14.4. The molecule has 4 aromatic rings. The van der Waals surface area contributed by atoms with Crippen molar-refractivity contribution in [1.82, 2.24) is 15.0 Å². The maximum Gasteiger partial charge on any atom is 0.261 e. The van der Waals surface area contributed by atoms with Gasteiger partial charge in [-0.25, -0.2) is 27.8 Å². The standard InChI is InChI=1S/C28H26FN5O4S/c1-15-25-21(14-38-15)20-7-3-16(9-22(20)33-26(25)30)13-34(23-8-6-19(29)10-24(23)39(2,36)37)28(35)18-11-31-27(32-12-18)17-4-5-17/h3,6-12,15,17H,4-5,13-14H2,1-2H3,(H2,30,33). The van der Waals surface area contributed by atoms with Gasteiger partial charge >= 0.3 is 0 Å². The Hall–Kier alpha value is -3.96. The molecule has 1 unspecified atom stereocenters. The van der Waals surface area contributed by atoms with Crippen LogP contribution >= 0.6 is 0 Å². The maximum atomic E-state index is 14.1. The van der Waals surface area contributed by atoms with Gasteiger partial charge in [0.2, 0.25) is 0 Å². The number of halogens is 1. The predicted octanol–water partition coefficient (Wildman–Crippen LogP) is 4.47. The zero-order valence-corrected chi connectivity index (χ0v) is 22.2. The summed E-state index contributed by atoms with van der Waals surface area (Å²) in [6, 6.07) is 8.90. The zero-order chi connectivity index (χ0) is 27.5. The number of nitrogens with two attached hydrogens (primary N) is 1. The molecule has 1 saturated carbocycles. The number of amides is 1. The molecule has 3 heterocycles. The minimum atomic E-state index is -3.88. The average molecular weight is 548 g/mol. The van der Waals surface area contributed by atoms with Gasteiger partial charge in [0.25, 0.3) is 5.91 Å². The Labute approximate surface area is 224 Å². The van der Waals surface area contributed by atoms with Gasteiger partial charge in [0.05, 0.1) is 40.9 Å². The topological polar surface area (TPSA) is 128 Å². The normalized spacial score (nSPS) is 16.8. The Morgan fingerprint density at radius 1 is 1.15 bits per heavy atom. The number of anilines is 2. The van der Waals surface area contributed by atoms with Gasteiger partial charge in [-0.1, -0.05) is 12.1 Å². The maximum absolute atomic E-state index is 14.1. The van der Waals surface area contributed by atoms with E-state index in [1.807, 2.05) is 25.1 Å². The molecular weight excluding hydrogens is 521 g/mol. The molecule has 11 heteroatoms. The molecule has 9 nitrogen and oxygen atoms in total. The summed E-state index contributed by atoms with van der Waals surface area (Å²) in [5.41, 5.74) is 9.66. The number of nitrogen functional groups attached to an aromatic ring is 1. The number of hydrogen-bond acceptors (Lipinski definition) is 8. The van der Waals surface area contributed by atoms with E-state index in [2.05, 4.69) is 15.0 Å². The minimum Gasteiger partial charge on any atom is -0.383 e. The van der Waals surface area contributed by atoms with Crippen molar-refractivity contribution >= 4 is 38.2 Å². The van der Waals surface area contributed by atoms with Crippen molar-refractivity contribution in [3.63, 3.8) is 0 Å². The van der Waals surface area contributed by atoms with Crippen LogP contribution in [0.2, 0.25) is 0 Å². The van der Waals surface area contributed by atoms with Crippen LogP contribution < -0.4 is 10.6 Å². The molecule has 1 aliphatic heterocycles. The third-order valence-electron chi connectivity index (χ3n) is 7.17. The minimum absolute atomic E-state index is 0.0150. The summed E-state index contributed by atoms with van der Waals surface area (Å²) in [7, 11) is -3.88. The van der Waals surface area contributed by atoms with Gasteiger partial charge in [-0.2, -0.15) is 0 Å². The summed E-state index contributed by atoms with van der Waals surface area (Å²) in [4.78, 5) is 28.1. The second-order valence-electron chi connectivity index (χ2n) is 10.1. The Morgan fingerprint density at radius 3 is 2.59 bits per heavy atom. The van der Waals surface area contributed by atoms with Crippen molar-refractivity contribution in [2.24, 2.45) is 0 Å². The molecule has 1 atom stereocenters. The van der Waals surface area contributed by atoms with Crippen LogP contribution in [0.15, 0.2) is 53.7 Å². The quantitative estimate of drug-likeness (QED) is 0.375. The lowest BCUT2D eigenvalue weighted by atomic mass is 10.0. The van der Waals surface area contributed by atoms with E-state index in [4.69, 9.17) is 10.5 Å². The molecule has 1 aliphatic carbocycles. The van der Waals surface area contributed by atoms with Crippen molar-refractivity contribution < 1.29 is 22.3 Å². The average Bonchev–Trinajstić information content (AvgIpc) is 3.68. The van der Waals surface area contributed by atoms with Gasteiger partial charge < -0.3 is 15.4 Å². The van der Waals surface area contributed by atoms with Gasteiger partial charge in [0.1, 0.15) is 17.5 Å². The van der Waals surface area contributed by atoms with E-state index in [-0.39, 0.29) is 28.8 Å². The van der Waals surface area contributed by atoms with Gasteiger partial charge in [0, 0.05) is 35.5 Å². The lowest BCUT2D eigenvalue weighted by Crippen LogP contribution is -2.32. The highest BCUT2D eigenvalue weighted by atomic mass is 32.2. The van der Waals surface area contributed by atoms with E-state index in [0.29, 0.717) is 35.2 Å². The molecule has 0 bridgehead atoms. The number of sulfone groups is 1. The number of carbonyl (C=O) groups is 1. The molecule has 6 rings (SSSR count). The van der Waals surface area contributed by atoms with E-state index >= 15 is 0 Å². The Morgan fingerprint density at radius 2 is 1.90 bits per heavy atom. The first-order chi connectivity index (χ1) is 18.6. The molecule has 2 aliphatic rings. The van der Waals surface area contributed by atoms with Gasteiger partial charge in [-0.05, 0) is 55.2 Å². The molecule has 1 fully saturated rings. The lowest BCUT2D eigenvalue weighted by molar-refractivity contribution is 0.0801. The summed E-state index contributed by atoms with van der Waals surface area (Å²) < 4.78 is 45.2. The van der Waals surface area contributed by atoms with Crippen molar-refractivity contribution in [3.8, 4) is 0 Å². The van der Waals surface area contributed by atoms with Crippen LogP contribution in [-0.4, -0.2) is 35.5 Å². The molecule has 2 N–H and O–H groups in total. The molecule has 200 valence electrons. The SMILES string of the molecule is CC1OCc2c1c(N)nc1cc(CN(C(=O)c3cnc(C4CC4)nc3)c3ccc(F)cc3S(C)(=O)=O)ccc21. The van der Waals surface area contributed by atoms with Crippen molar-refractivity contribution in [2.75, 3.05) is 16.9 Å². The van der Waals surface area contributed by atoms with Gasteiger partial charge in [-0.3, -0.25) is 4.79 Å². The van der Waals surface area contributed by atoms with Crippen LogP contribution in [0.25, 0.3) is 10.9 Å². The number of pyridine rings is 1. The summed E-state index contributed by atoms with van der Waals surface area (Å²) in [5.74, 6) is 0.141. The number of aromatic nitrogens is 3. The predicted molar refractivity (Wildman–Crippen MR) is 143 cm³/mol. The van der Waals surface area contributed by atoms with E-state index in [1.54, 1.807) is 0 Å². The molecular formula is C28H26FN5O4S. The van der Waals surface area contributed by atoms with Crippen LogP contribution in [0.1, 0.15) is 64.7 Å². The summed E-state index contributed by atoms with van der Waals surface area (Å²) >= 11 is 0. The molecule has 0 radical (unpaired) electrons. The van der Waals surface area contributed by atoms with Crippen molar-refractivity contribution in [2.45, 2.75) is 49.8 Å². The number of hydrogen-bond donors (Lipinski definition) is 1. The number of nitrogens with zero attached hydrogens (tertiary/aromatic N) is 4. The first-order valence-electron chi connectivity index (χ1n) is 12.6. The molecule has 2 aromatic heterocycles. The third-order valence-corrected chi connectivity index (χ3v) is 8.30. The van der Waals surface area contributed by atoms with E-state index < -0.39 is 21.6 Å². The summed E-state index contributed by atoms with van der Waals surface area (Å²) in [6.07, 6.45) is 5.77. The monoisotopic (exact) mass is 547 g/mol. The van der Waals surface area contributed by atoms with Crippen LogP contribution in [0.3, 0.4) is 0 Å². The molecule has 39 heavy (non-hydrogen) atoms. The molecule has 1 amide bonds. The second-order valence-corrected chi connectivity index (χ2v) is 12.1. The lowest BCUT2D eigenvalue weighted by Gasteiger charge is -2.25. The first kappa shape index (κ1) is 25.3. The smallest absolute Gasteiger partial charge is 0.261 e. The molecule has 0 saturated heterocycles. The Balaban J connectivity index is 1.44. The fourth-order valence-corrected chi connectivity index (χ4v) is 5.91. The number of rotatable bonds is 6.